The number of amides is 1. The Labute approximate surface area is 98.2 Å². The molecule has 1 heterocycles. The van der Waals surface area contributed by atoms with Crippen molar-refractivity contribution >= 4 is 23.4 Å². The summed E-state index contributed by atoms with van der Waals surface area (Å²) in [7, 11) is 0. The molecule has 0 aromatic heterocycles. The summed E-state index contributed by atoms with van der Waals surface area (Å²) in [5.74, 6) is -0.170. The predicted octanol–water partition coefficient (Wildman–Crippen LogP) is 2.92. The number of benzene rings is 1. The molecular weight excluding hydrogens is 220 g/mol. The van der Waals surface area contributed by atoms with Gasteiger partial charge in [0.15, 0.2) is 0 Å². The van der Waals surface area contributed by atoms with Gasteiger partial charge >= 0.3 is 0 Å². The lowest BCUT2D eigenvalue weighted by Crippen LogP contribution is -2.13. The molecule has 0 atom stereocenters. The molecule has 3 nitrogen and oxygen atoms in total. The Kier molecular flexibility index (Phi) is 2.97. The number of anilines is 1. The number of allylic oxidation sites excluding steroid dienone is 1. The van der Waals surface area contributed by atoms with E-state index in [0.29, 0.717) is 5.57 Å². The van der Waals surface area contributed by atoms with Gasteiger partial charge in [-0.05, 0) is 24.0 Å². The summed E-state index contributed by atoms with van der Waals surface area (Å²) >= 11 is 1.53. The Morgan fingerprint density at radius 1 is 1.44 bits per heavy atom. The fraction of sp³-hybridized carbons (Fsp3) is 0.167. The average molecular weight is 230 g/mol. The summed E-state index contributed by atoms with van der Waals surface area (Å²) in [5, 5.41) is 11.5. The van der Waals surface area contributed by atoms with Crippen molar-refractivity contribution in [1.29, 1.82) is 5.26 Å². The van der Waals surface area contributed by atoms with Gasteiger partial charge in [-0.1, -0.05) is 23.9 Å². The van der Waals surface area contributed by atoms with Crippen molar-refractivity contribution in [1.82, 2.24) is 0 Å². The fourth-order valence-corrected chi connectivity index (χ4v) is 2.52. The molecule has 0 radical (unpaired) electrons. The minimum absolute atomic E-state index is 0.151. The van der Waals surface area contributed by atoms with Crippen LogP contribution in [-0.4, -0.2) is 5.91 Å². The van der Waals surface area contributed by atoms with E-state index in [-0.39, 0.29) is 12.3 Å². The quantitative estimate of drug-likeness (QED) is 0.807. The maximum Gasteiger partial charge on any atom is 0.253 e. The third-order valence-electron chi connectivity index (χ3n) is 2.35. The number of hydrogen-bond acceptors (Lipinski definition) is 3. The molecule has 1 aliphatic heterocycles. The first kappa shape index (κ1) is 10.8. The number of hydrogen-bond donors (Lipinski definition) is 1. The number of nitriles is 1. The van der Waals surface area contributed by atoms with Crippen molar-refractivity contribution in [3.8, 4) is 6.07 Å². The summed E-state index contributed by atoms with van der Waals surface area (Å²) in [5.41, 5.74) is 1.37. The van der Waals surface area contributed by atoms with Gasteiger partial charge in [0.05, 0.1) is 18.2 Å². The minimum atomic E-state index is -0.170. The van der Waals surface area contributed by atoms with Gasteiger partial charge in [-0.15, -0.1) is 0 Å². The van der Waals surface area contributed by atoms with Gasteiger partial charge in [0, 0.05) is 10.5 Å². The summed E-state index contributed by atoms with van der Waals surface area (Å²) in [6.07, 6.45) is 0.151. The van der Waals surface area contributed by atoms with Gasteiger partial charge in [-0.3, -0.25) is 4.79 Å². The zero-order valence-corrected chi connectivity index (χ0v) is 9.60. The van der Waals surface area contributed by atoms with Crippen LogP contribution in [0.4, 0.5) is 5.69 Å². The molecule has 16 heavy (non-hydrogen) atoms. The number of nitrogens with zero attached hydrogens (tertiary/aromatic N) is 1. The molecular formula is C12H10N2OS. The number of carbonyl (C=O) groups excluding carboxylic acids is 1. The second-order valence-corrected chi connectivity index (χ2v) is 4.68. The maximum atomic E-state index is 11.8. The lowest BCUT2D eigenvalue weighted by Gasteiger charge is -2.04. The zero-order valence-electron chi connectivity index (χ0n) is 8.78. The van der Waals surface area contributed by atoms with E-state index < -0.39 is 0 Å². The highest BCUT2D eigenvalue weighted by Gasteiger charge is 2.19. The molecule has 0 saturated heterocycles. The van der Waals surface area contributed by atoms with Crippen LogP contribution in [0.2, 0.25) is 0 Å². The SMILES string of the molecule is CC1=C(CC#N)C(=O)Nc2ccccc2S1. The molecule has 4 heteroatoms. The van der Waals surface area contributed by atoms with E-state index >= 15 is 0 Å². The van der Waals surface area contributed by atoms with E-state index in [1.165, 1.54) is 11.8 Å². The largest absolute Gasteiger partial charge is 0.321 e. The van der Waals surface area contributed by atoms with Gasteiger partial charge < -0.3 is 5.32 Å². The van der Waals surface area contributed by atoms with Crippen LogP contribution >= 0.6 is 11.8 Å². The van der Waals surface area contributed by atoms with Crippen molar-refractivity contribution in [2.24, 2.45) is 0 Å². The molecule has 0 bridgehead atoms. The van der Waals surface area contributed by atoms with E-state index in [9.17, 15) is 4.79 Å². The van der Waals surface area contributed by atoms with E-state index in [0.717, 1.165) is 15.5 Å². The number of thioether (sulfide) groups is 1. The Hall–Kier alpha value is -1.73. The molecule has 1 aromatic carbocycles. The second kappa shape index (κ2) is 4.42. The van der Waals surface area contributed by atoms with Crippen molar-refractivity contribution in [3.63, 3.8) is 0 Å². The molecule has 0 fully saturated rings. The van der Waals surface area contributed by atoms with Crippen LogP contribution in [0.1, 0.15) is 13.3 Å². The van der Waals surface area contributed by atoms with Gasteiger partial charge in [0.1, 0.15) is 0 Å². The minimum Gasteiger partial charge on any atom is -0.321 e. The number of nitrogens with one attached hydrogen (secondary N) is 1. The number of para-hydroxylation sites is 1. The monoisotopic (exact) mass is 230 g/mol. The summed E-state index contributed by atoms with van der Waals surface area (Å²) in [6.45, 7) is 1.87. The maximum absolute atomic E-state index is 11.8. The second-order valence-electron chi connectivity index (χ2n) is 3.42. The van der Waals surface area contributed by atoms with E-state index in [1.54, 1.807) is 0 Å². The molecule has 1 amide bonds. The molecule has 2 rings (SSSR count). The van der Waals surface area contributed by atoms with Crippen molar-refractivity contribution < 1.29 is 4.79 Å². The first-order chi connectivity index (χ1) is 7.72. The molecule has 0 saturated carbocycles. The Bertz CT molecular complexity index is 514. The zero-order chi connectivity index (χ0) is 11.5. The lowest BCUT2D eigenvalue weighted by atomic mass is 10.1. The van der Waals surface area contributed by atoms with Crippen LogP contribution in [0.5, 0.6) is 0 Å². The molecule has 0 aliphatic carbocycles. The lowest BCUT2D eigenvalue weighted by molar-refractivity contribution is -0.112. The normalized spacial score (nSPS) is 14.9. The molecule has 1 N–H and O–H groups in total. The molecule has 1 aromatic rings. The number of carbonyl (C=O) groups is 1. The van der Waals surface area contributed by atoms with E-state index in [4.69, 9.17) is 5.26 Å². The Balaban J connectivity index is 2.44. The summed E-state index contributed by atoms with van der Waals surface area (Å²) < 4.78 is 0. The van der Waals surface area contributed by atoms with E-state index in [2.05, 4.69) is 5.32 Å². The van der Waals surface area contributed by atoms with Crippen LogP contribution < -0.4 is 5.32 Å². The number of fused-ring (bicyclic) bond motifs is 1. The topological polar surface area (TPSA) is 52.9 Å². The summed E-state index contributed by atoms with van der Waals surface area (Å²) in [6, 6.07) is 9.65. The Morgan fingerprint density at radius 2 is 2.19 bits per heavy atom. The van der Waals surface area contributed by atoms with E-state index in [1.807, 2.05) is 37.3 Å². The highest BCUT2D eigenvalue weighted by atomic mass is 32.2. The fourth-order valence-electron chi connectivity index (χ4n) is 1.53. The number of rotatable bonds is 1. The van der Waals surface area contributed by atoms with Crippen LogP contribution in [0.3, 0.4) is 0 Å². The van der Waals surface area contributed by atoms with Crippen molar-refractivity contribution in [2.75, 3.05) is 5.32 Å². The third-order valence-corrected chi connectivity index (χ3v) is 3.48. The van der Waals surface area contributed by atoms with Gasteiger partial charge in [-0.2, -0.15) is 5.26 Å². The third kappa shape index (κ3) is 1.95. The van der Waals surface area contributed by atoms with Crippen molar-refractivity contribution in [3.05, 3.63) is 34.7 Å². The van der Waals surface area contributed by atoms with Gasteiger partial charge in [-0.25, -0.2) is 0 Å². The standard InChI is InChI=1S/C12H10N2OS/c1-8-9(6-7-13)12(15)14-10-4-2-3-5-11(10)16-8/h2-5H,6H2,1H3,(H,14,15). The van der Waals surface area contributed by atoms with Gasteiger partial charge in [0.25, 0.3) is 5.91 Å². The first-order valence-corrected chi connectivity index (χ1v) is 5.69. The highest BCUT2D eigenvalue weighted by Crippen LogP contribution is 2.37. The predicted molar refractivity (Wildman–Crippen MR) is 63.9 cm³/mol. The van der Waals surface area contributed by atoms with Gasteiger partial charge in [0.2, 0.25) is 0 Å². The summed E-state index contributed by atoms with van der Waals surface area (Å²) in [4.78, 5) is 13.8. The smallest absolute Gasteiger partial charge is 0.253 e. The van der Waals surface area contributed by atoms with Crippen LogP contribution in [-0.2, 0) is 4.79 Å². The average Bonchev–Trinajstić information content (AvgIpc) is 2.38. The van der Waals surface area contributed by atoms with Crippen LogP contribution in [0.15, 0.2) is 39.6 Å². The molecule has 1 aliphatic rings. The first-order valence-electron chi connectivity index (χ1n) is 4.87. The van der Waals surface area contributed by atoms with Crippen molar-refractivity contribution in [2.45, 2.75) is 18.2 Å². The van der Waals surface area contributed by atoms with Crippen LogP contribution in [0, 0.1) is 11.3 Å². The Morgan fingerprint density at radius 3 is 2.94 bits per heavy atom. The van der Waals surface area contributed by atoms with Crippen LogP contribution in [0.25, 0.3) is 0 Å². The molecule has 0 spiro atoms. The highest BCUT2D eigenvalue weighted by molar-refractivity contribution is 8.03. The molecule has 0 unspecified atom stereocenters. The molecule has 80 valence electrons.